The van der Waals surface area contributed by atoms with Crippen molar-refractivity contribution in [2.45, 2.75) is 64.1 Å². The van der Waals surface area contributed by atoms with E-state index in [1.807, 2.05) is 0 Å². The summed E-state index contributed by atoms with van der Waals surface area (Å²) in [6.45, 7) is 6.02. The Kier molecular flexibility index (Phi) is 5.32. The first-order valence-electron chi connectivity index (χ1n) is 8.83. The third-order valence-corrected chi connectivity index (χ3v) is 5.32. The Morgan fingerprint density at radius 1 is 1.05 bits per heavy atom. The van der Waals surface area contributed by atoms with Crippen molar-refractivity contribution < 1.29 is 0 Å². The predicted octanol–water partition coefficient (Wildman–Crippen LogP) is 3.82. The third-order valence-electron chi connectivity index (χ3n) is 5.32. The van der Waals surface area contributed by atoms with Crippen molar-refractivity contribution in [3.63, 3.8) is 0 Å². The number of benzene rings is 1. The fourth-order valence-electron chi connectivity index (χ4n) is 4.04. The molecule has 21 heavy (non-hydrogen) atoms. The maximum Gasteiger partial charge on any atom is 0.0234 e. The molecule has 2 heteroatoms. The molecule has 1 aromatic carbocycles. The topological polar surface area (TPSA) is 15.3 Å². The van der Waals surface area contributed by atoms with E-state index in [1.165, 1.54) is 57.2 Å². The largest absolute Gasteiger partial charge is 0.310 e. The van der Waals surface area contributed by atoms with Gasteiger partial charge in [0.1, 0.15) is 0 Å². The van der Waals surface area contributed by atoms with E-state index < -0.39 is 0 Å². The molecule has 0 bridgehead atoms. The highest BCUT2D eigenvalue weighted by Crippen LogP contribution is 2.25. The Morgan fingerprint density at radius 3 is 2.67 bits per heavy atom. The van der Waals surface area contributed by atoms with Crippen molar-refractivity contribution in [2.24, 2.45) is 5.92 Å². The van der Waals surface area contributed by atoms with Crippen LogP contribution in [0.15, 0.2) is 30.3 Å². The lowest BCUT2D eigenvalue weighted by molar-refractivity contribution is 0.157. The van der Waals surface area contributed by atoms with Gasteiger partial charge in [0.2, 0.25) is 0 Å². The zero-order valence-electron chi connectivity index (χ0n) is 13.4. The van der Waals surface area contributed by atoms with Crippen molar-refractivity contribution in [1.82, 2.24) is 10.2 Å². The highest BCUT2D eigenvalue weighted by atomic mass is 15.2. The van der Waals surface area contributed by atoms with Gasteiger partial charge in [0, 0.05) is 25.2 Å². The first-order chi connectivity index (χ1) is 10.3. The average molecular weight is 286 g/mol. The van der Waals surface area contributed by atoms with Crippen LogP contribution in [0.2, 0.25) is 0 Å². The molecular formula is C19H30N2. The maximum atomic E-state index is 3.98. The van der Waals surface area contributed by atoms with Gasteiger partial charge in [-0.05, 0) is 43.7 Å². The van der Waals surface area contributed by atoms with Crippen molar-refractivity contribution in [1.29, 1.82) is 0 Å². The molecule has 3 unspecified atom stereocenters. The third kappa shape index (κ3) is 4.31. The molecule has 3 rings (SSSR count). The van der Waals surface area contributed by atoms with Gasteiger partial charge in [-0.25, -0.2) is 0 Å². The van der Waals surface area contributed by atoms with E-state index in [9.17, 15) is 0 Å². The average Bonchev–Trinajstić information content (AvgIpc) is 2.51. The Hall–Kier alpha value is -0.860. The maximum absolute atomic E-state index is 3.98. The van der Waals surface area contributed by atoms with Gasteiger partial charge in [-0.1, -0.05) is 50.1 Å². The molecule has 1 saturated heterocycles. The quantitative estimate of drug-likeness (QED) is 0.905. The van der Waals surface area contributed by atoms with Crippen LogP contribution in [-0.2, 0) is 6.54 Å². The molecular weight excluding hydrogens is 256 g/mol. The fourth-order valence-corrected chi connectivity index (χ4v) is 4.04. The van der Waals surface area contributed by atoms with Crippen LogP contribution in [0.5, 0.6) is 0 Å². The summed E-state index contributed by atoms with van der Waals surface area (Å²) in [5, 5.41) is 3.98. The summed E-state index contributed by atoms with van der Waals surface area (Å²) in [6, 6.07) is 12.4. The number of rotatable bonds is 4. The second kappa shape index (κ2) is 7.42. The number of hydrogen-bond acceptors (Lipinski definition) is 2. The van der Waals surface area contributed by atoms with Crippen LogP contribution in [0.25, 0.3) is 0 Å². The SMILES string of the molecule is CC1CCCCC1NC1CCCN(Cc2ccccc2)C1. The predicted molar refractivity (Wildman–Crippen MR) is 89.3 cm³/mol. The number of likely N-dealkylation sites (tertiary alicyclic amines) is 1. The number of hydrogen-bond donors (Lipinski definition) is 1. The van der Waals surface area contributed by atoms with Gasteiger partial charge >= 0.3 is 0 Å². The van der Waals surface area contributed by atoms with Crippen LogP contribution < -0.4 is 5.32 Å². The molecule has 1 aliphatic carbocycles. The summed E-state index contributed by atoms with van der Waals surface area (Å²) in [5.41, 5.74) is 1.45. The van der Waals surface area contributed by atoms with E-state index in [2.05, 4.69) is 47.5 Å². The summed E-state index contributed by atoms with van der Waals surface area (Å²) < 4.78 is 0. The fraction of sp³-hybridized carbons (Fsp3) is 0.684. The number of nitrogens with zero attached hydrogens (tertiary/aromatic N) is 1. The lowest BCUT2D eigenvalue weighted by atomic mass is 9.85. The monoisotopic (exact) mass is 286 g/mol. The summed E-state index contributed by atoms with van der Waals surface area (Å²) >= 11 is 0. The number of nitrogens with one attached hydrogen (secondary N) is 1. The van der Waals surface area contributed by atoms with Gasteiger partial charge < -0.3 is 5.32 Å². The van der Waals surface area contributed by atoms with Crippen molar-refractivity contribution in [2.75, 3.05) is 13.1 Å². The zero-order valence-corrected chi connectivity index (χ0v) is 13.4. The van der Waals surface area contributed by atoms with Crippen LogP contribution in [-0.4, -0.2) is 30.1 Å². The Bertz CT molecular complexity index is 417. The smallest absolute Gasteiger partial charge is 0.0234 e. The molecule has 3 atom stereocenters. The van der Waals surface area contributed by atoms with Gasteiger partial charge in [-0.15, -0.1) is 0 Å². The highest BCUT2D eigenvalue weighted by molar-refractivity contribution is 5.14. The van der Waals surface area contributed by atoms with E-state index in [4.69, 9.17) is 0 Å². The molecule has 0 radical (unpaired) electrons. The molecule has 116 valence electrons. The van der Waals surface area contributed by atoms with Crippen LogP contribution in [0.1, 0.15) is 51.0 Å². The molecule has 0 aromatic heterocycles. The molecule has 1 aromatic rings. The van der Waals surface area contributed by atoms with E-state index >= 15 is 0 Å². The van der Waals surface area contributed by atoms with Gasteiger partial charge in [0.15, 0.2) is 0 Å². The Morgan fingerprint density at radius 2 is 1.86 bits per heavy atom. The van der Waals surface area contributed by atoms with Crippen molar-refractivity contribution >= 4 is 0 Å². The van der Waals surface area contributed by atoms with Crippen LogP contribution in [0.3, 0.4) is 0 Å². The zero-order chi connectivity index (χ0) is 14.5. The minimum absolute atomic E-state index is 0.702. The van der Waals surface area contributed by atoms with Gasteiger partial charge in [-0.2, -0.15) is 0 Å². The summed E-state index contributed by atoms with van der Waals surface area (Å²) in [5.74, 6) is 0.864. The van der Waals surface area contributed by atoms with Gasteiger partial charge in [0.25, 0.3) is 0 Å². The standard InChI is InChI=1S/C19H30N2/c1-16-8-5-6-12-19(16)20-18-11-7-13-21(15-18)14-17-9-3-2-4-10-17/h2-4,9-10,16,18-20H,5-8,11-15H2,1H3. The second-order valence-corrected chi connectivity index (χ2v) is 7.09. The first-order valence-corrected chi connectivity index (χ1v) is 8.83. The Balaban J connectivity index is 1.51. The van der Waals surface area contributed by atoms with Crippen LogP contribution >= 0.6 is 0 Å². The Labute approximate surface area is 129 Å². The molecule has 1 saturated carbocycles. The van der Waals surface area contributed by atoms with E-state index in [0.717, 1.165) is 18.5 Å². The normalized spacial score (nSPS) is 31.2. The van der Waals surface area contributed by atoms with Crippen molar-refractivity contribution in [3.05, 3.63) is 35.9 Å². The number of piperidine rings is 1. The molecule has 0 amide bonds. The van der Waals surface area contributed by atoms with E-state index in [-0.39, 0.29) is 0 Å². The molecule has 1 heterocycles. The van der Waals surface area contributed by atoms with Gasteiger partial charge in [-0.3, -0.25) is 4.90 Å². The van der Waals surface area contributed by atoms with Crippen LogP contribution in [0.4, 0.5) is 0 Å². The first kappa shape index (κ1) is 15.1. The van der Waals surface area contributed by atoms with E-state index in [0.29, 0.717) is 6.04 Å². The summed E-state index contributed by atoms with van der Waals surface area (Å²) in [6.07, 6.45) is 8.35. The second-order valence-electron chi connectivity index (χ2n) is 7.09. The minimum atomic E-state index is 0.702. The van der Waals surface area contributed by atoms with Gasteiger partial charge in [0.05, 0.1) is 0 Å². The minimum Gasteiger partial charge on any atom is -0.310 e. The lowest BCUT2D eigenvalue weighted by Gasteiger charge is -2.38. The summed E-state index contributed by atoms with van der Waals surface area (Å²) in [7, 11) is 0. The highest BCUT2D eigenvalue weighted by Gasteiger charge is 2.26. The molecule has 1 aliphatic heterocycles. The molecule has 2 nitrogen and oxygen atoms in total. The molecule has 1 N–H and O–H groups in total. The molecule has 0 spiro atoms. The van der Waals surface area contributed by atoms with Crippen LogP contribution in [0, 0.1) is 5.92 Å². The lowest BCUT2D eigenvalue weighted by Crippen LogP contribution is -2.51. The summed E-state index contributed by atoms with van der Waals surface area (Å²) in [4.78, 5) is 2.63. The van der Waals surface area contributed by atoms with Crippen molar-refractivity contribution in [3.8, 4) is 0 Å². The molecule has 2 aliphatic rings. The molecule has 2 fully saturated rings. The van der Waals surface area contributed by atoms with E-state index in [1.54, 1.807) is 0 Å².